The van der Waals surface area contributed by atoms with Crippen LogP contribution in [0.1, 0.15) is 49.9 Å². The topological polar surface area (TPSA) is 70.6 Å². The number of carbonyl (C=O) groups is 1. The molecule has 0 aliphatic carbocycles. The first-order chi connectivity index (χ1) is 12.1. The quantitative estimate of drug-likeness (QED) is 0.933. The van der Waals surface area contributed by atoms with E-state index in [9.17, 15) is 4.79 Å². The Morgan fingerprint density at radius 2 is 2.16 bits per heavy atom. The number of rotatable bonds is 3. The van der Waals surface area contributed by atoms with Crippen LogP contribution in [0.25, 0.3) is 11.0 Å². The van der Waals surface area contributed by atoms with Gasteiger partial charge in [0.15, 0.2) is 0 Å². The lowest BCUT2D eigenvalue weighted by atomic mass is 9.95. The summed E-state index contributed by atoms with van der Waals surface area (Å²) in [6, 6.07) is 6.28. The van der Waals surface area contributed by atoms with Gasteiger partial charge in [0.2, 0.25) is 6.10 Å². The smallest absolute Gasteiger partial charge is 0.266 e. The molecule has 1 aromatic heterocycles. The molecule has 1 saturated heterocycles. The minimum absolute atomic E-state index is 0.0749. The molecule has 1 fully saturated rings. The Hall–Kier alpha value is -2.37. The average Bonchev–Trinajstić information content (AvgIpc) is 3.27. The van der Waals surface area contributed by atoms with Crippen LogP contribution in [-0.4, -0.2) is 45.7 Å². The first-order valence-electron chi connectivity index (χ1n) is 9.10. The zero-order valence-corrected chi connectivity index (χ0v) is 14.8. The number of aryl methyl sites for hydroxylation is 1. The second-order valence-corrected chi connectivity index (χ2v) is 7.05. The fraction of sp³-hybridized carbons (Fsp3) is 0.526. The molecule has 1 amide bonds. The molecule has 1 atom stereocenters. The molecule has 25 heavy (non-hydrogen) atoms. The van der Waals surface area contributed by atoms with Crippen molar-refractivity contribution in [2.75, 3.05) is 13.1 Å². The summed E-state index contributed by atoms with van der Waals surface area (Å²) in [5, 5.41) is 4.00. The lowest BCUT2D eigenvalue weighted by Crippen LogP contribution is -2.43. The first-order valence-corrected chi connectivity index (χ1v) is 9.10. The zero-order valence-electron chi connectivity index (χ0n) is 14.8. The van der Waals surface area contributed by atoms with E-state index in [1.807, 2.05) is 11.8 Å². The fourth-order valence-corrected chi connectivity index (χ4v) is 3.68. The van der Waals surface area contributed by atoms with E-state index < -0.39 is 6.10 Å². The highest BCUT2D eigenvalue weighted by Crippen LogP contribution is 2.29. The Morgan fingerprint density at radius 3 is 2.88 bits per heavy atom. The molecule has 6 heteroatoms. The number of hydrogen-bond acceptors (Lipinski definition) is 4. The standard InChI is InChI=1S/C19H24N4O2/c1-3-14-11-17(25-22-14)19(24)23-8-6-13(7-9-23)18-20-15-5-4-12(2)10-16(15)21-18/h4-5,10,13,17H,3,6-9,11H2,1-2H3,(H,20,21)/t17-/m0/s1. The number of amides is 1. The van der Waals surface area contributed by atoms with Crippen LogP contribution in [0, 0.1) is 6.92 Å². The van der Waals surface area contributed by atoms with Crippen molar-refractivity contribution >= 4 is 22.7 Å². The molecule has 0 unspecified atom stereocenters. The molecule has 6 nitrogen and oxygen atoms in total. The van der Waals surface area contributed by atoms with E-state index in [4.69, 9.17) is 9.82 Å². The molecule has 0 spiro atoms. The van der Waals surface area contributed by atoms with Gasteiger partial charge < -0.3 is 14.7 Å². The second kappa shape index (κ2) is 6.50. The first kappa shape index (κ1) is 16.1. The van der Waals surface area contributed by atoms with E-state index in [0.29, 0.717) is 12.3 Å². The Kier molecular flexibility index (Phi) is 4.19. The number of carbonyl (C=O) groups excluding carboxylic acids is 1. The van der Waals surface area contributed by atoms with Crippen molar-refractivity contribution in [2.24, 2.45) is 5.16 Å². The Morgan fingerprint density at radius 1 is 1.36 bits per heavy atom. The number of nitrogens with zero attached hydrogens (tertiary/aromatic N) is 3. The van der Waals surface area contributed by atoms with Gasteiger partial charge in [0.25, 0.3) is 5.91 Å². The van der Waals surface area contributed by atoms with Crippen molar-refractivity contribution < 1.29 is 9.63 Å². The van der Waals surface area contributed by atoms with Gasteiger partial charge in [-0.15, -0.1) is 0 Å². The van der Waals surface area contributed by atoms with Crippen LogP contribution < -0.4 is 0 Å². The summed E-state index contributed by atoms with van der Waals surface area (Å²) in [5.74, 6) is 1.50. The molecule has 0 bridgehead atoms. The van der Waals surface area contributed by atoms with Crippen molar-refractivity contribution in [1.29, 1.82) is 0 Å². The van der Waals surface area contributed by atoms with Crippen LogP contribution in [0.4, 0.5) is 0 Å². The normalized spacial score (nSPS) is 21.4. The average molecular weight is 340 g/mol. The van der Waals surface area contributed by atoms with Gasteiger partial charge in [-0.25, -0.2) is 4.98 Å². The summed E-state index contributed by atoms with van der Waals surface area (Å²) in [6.45, 7) is 5.62. The molecule has 2 aliphatic heterocycles. The Balaban J connectivity index is 1.38. The van der Waals surface area contributed by atoms with Crippen molar-refractivity contribution in [2.45, 2.75) is 51.6 Å². The van der Waals surface area contributed by atoms with Crippen LogP contribution in [0.15, 0.2) is 23.4 Å². The summed E-state index contributed by atoms with van der Waals surface area (Å²) in [7, 11) is 0. The molecule has 0 saturated carbocycles. The summed E-state index contributed by atoms with van der Waals surface area (Å²) in [5.41, 5.74) is 4.32. The summed E-state index contributed by atoms with van der Waals surface area (Å²) in [4.78, 5) is 28.0. The molecule has 132 valence electrons. The SMILES string of the molecule is CCC1=NO[C@H](C(=O)N2CCC(c3nc4ccc(C)cc4[nH]3)CC2)C1. The number of aromatic amines is 1. The van der Waals surface area contributed by atoms with Crippen molar-refractivity contribution in [3.63, 3.8) is 0 Å². The van der Waals surface area contributed by atoms with E-state index in [2.05, 4.69) is 35.3 Å². The van der Waals surface area contributed by atoms with Crippen molar-refractivity contribution in [3.8, 4) is 0 Å². The molecular formula is C19H24N4O2. The van der Waals surface area contributed by atoms with E-state index in [-0.39, 0.29) is 5.91 Å². The lowest BCUT2D eigenvalue weighted by molar-refractivity contribution is -0.143. The molecule has 1 aromatic carbocycles. The van der Waals surface area contributed by atoms with Gasteiger partial charge in [-0.3, -0.25) is 4.79 Å². The van der Waals surface area contributed by atoms with Crippen molar-refractivity contribution in [3.05, 3.63) is 29.6 Å². The maximum atomic E-state index is 12.6. The number of aromatic nitrogens is 2. The third-order valence-electron chi connectivity index (χ3n) is 5.26. The number of H-pyrrole nitrogens is 1. The largest absolute Gasteiger partial charge is 0.382 e. The van der Waals surface area contributed by atoms with E-state index in [1.165, 1.54) is 5.56 Å². The van der Waals surface area contributed by atoms with Gasteiger partial charge in [0.05, 0.1) is 16.7 Å². The predicted octanol–water partition coefficient (Wildman–Crippen LogP) is 3.13. The van der Waals surface area contributed by atoms with Gasteiger partial charge in [0.1, 0.15) is 5.82 Å². The van der Waals surface area contributed by atoms with E-state index in [0.717, 1.165) is 54.9 Å². The second-order valence-electron chi connectivity index (χ2n) is 7.05. The van der Waals surface area contributed by atoms with Gasteiger partial charge in [-0.05, 0) is 43.9 Å². The van der Waals surface area contributed by atoms with Crippen molar-refractivity contribution in [1.82, 2.24) is 14.9 Å². The molecule has 0 radical (unpaired) electrons. The third-order valence-corrected chi connectivity index (χ3v) is 5.26. The molecule has 2 aromatic rings. The molecule has 1 N–H and O–H groups in total. The lowest BCUT2D eigenvalue weighted by Gasteiger charge is -2.32. The zero-order chi connectivity index (χ0) is 17.4. The molecule has 3 heterocycles. The predicted molar refractivity (Wildman–Crippen MR) is 96.6 cm³/mol. The maximum Gasteiger partial charge on any atom is 0.266 e. The van der Waals surface area contributed by atoms with E-state index >= 15 is 0 Å². The third kappa shape index (κ3) is 3.13. The highest BCUT2D eigenvalue weighted by molar-refractivity contribution is 5.92. The highest BCUT2D eigenvalue weighted by Gasteiger charge is 2.34. The number of hydrogen-bond donors (Lipinski definition) is 1. The number of nitrogens with one attached hydrogen (secondary N) is 1. The summed E-state index contributed by atoms with van der Waals surface area (Å²) in [6.07, 6.45) is 2.92. The van der Waals surface area contributed by atoms with Gasteiger partial charge in [0, 0.05) is 25.4 Å². The Bertz CT molecular complexity index is 818. The minimum atomic E-state index is -0.416. The summed E-state index contributed by atoms with van der Waals surface area (Å²) >= 11 is 0. The van der Waals surface area contributed by atoms with Gasteiger partial charge >= 0.3 is 0 Å². The molecular weight excluding hydrogens is 316 g/mol. The summed E-state index contributed by atoms with van der Waals surface area (Å²) < 4.78 is 0. The number of fused-ring (bicyclic) bond motifs is 1. The van der Waals surface area contributed by atoms with Crippen LogP contribution in [0.3, 0.4) is 0 Å². The van der Waals surface area contributed by atoms with Crippen LogP contribution in [0.2, 0.25) is 0 Å². The number of likely N-dealkylation sites (tertiary alicyclic amines) is 1. The Labute approximate surface area is 147 Å². The highest BCUT2D eigenvalue weighted by atomic mass is 16.6. The number of oxime groups is 1. The monoisotopic (exact) mass is 340 g/mol. The number of piperidine rings is 1. The number of benzene rings is 1. The minimum Gasteiger partial charge on any atom is -0.382 e. The molecule has 2 aliphatic rings. The van der Waals surface area contributed by atoms with Gasteiger partial charge in [-0.2, -0.15) is 0 Å². The fourth-order valence-electron chi connectivity index (χ4n) is 3.68. The van der Waals surface area contributed by atoms with Crippen LogP contribution in [-0.2, 0) is 9.63 Å². The van der Waals surface area contributed by atoms with Gasteiger partial charge in [-0.1, -0.05) is 18.1 Å². The van der Waals surface area contributed by atoms with E-state index in [1.54, 1.807) is 0 Å². The number of imidazole rings is 1. The van der Waals surface area contributed by atoms with Crippen LogP contribution in [0.5, 0.6) is 0 Å². The maximum absolute atomic E-state index is 12.6. The van der Waals surface area contributed by atoms with Crippen LogP contribution >= 0.6 is 0 Å². The molecule has 4 rings (SSSR count).